The summed E-state index contributed by atoms with van der Waals surface area (Å²) in [7, 11) is 0. The van der Waals surface area contributed by atoms with Gasteiger partial charge in [0.05, 0.1) is 16.8 Å². The van der Waals surface area contributed by atoms with Crippen molar-refractivity contribution in [3.05, 3.63) is 15.6 Å². The normalized spacial score (nSPS) is 24.1. The lowest BCUT2D eigenvalue weighted by molar-refractivity contribution is 0.0930. The third kappa shape index (κ3) is 4.79. The molecule has 3 N–H and O–H groups in total. The molecule has 1 aromatic heterocycles. The number of hydrogen-bond donors (Lipinski definition) is 3. The summed E-state index contributed by atoms with van der Waals surface area (Å²) in [5.41, 5.74) is 0.837. The van der Waals surface area contributed by atoms with Gasteiger partial charge in [-0.25, -0.2) is 4.98 Å². The summed E-state index contributed by atoms with van der Waals surface area (Å²) in [5.74, 6) is 0.612. The zero-order valence-corrected chi connectivity index (χ0v) is 15.7. The number of nitrogens with zero attached hydrogens (tertiary/aromatic N) is 1. The fourth-order valence-electron chi connectivity index (χ4n) is 3.21. The van der Waals surface area contributed by atoms with Gasteiger partial charge in [-0.2, -0.15) is 0 Å². The fraction of sp³-hybridized carbons (Fsp3) is 0.733. The van der Waals surface area contributed by atoms with E-state index in [0.29, 0.717) is 19.0 Å². The first-order valence-electron chi connectivity index (χ1n) is 7.79. The number of β-amino-alcohol motifs (C(OH)–C–C–N with tert-alkyl or cyclic N) is 1. The molecule has 0 aromatic carbocycles. The summed E-state index contributed by atoms with van der Waals surface area (Å²) in [6.45, 7) is 3.81. The molecule has 2 aliphatic rings. The van der Waals surface area contributed by atoms with Crippen molar-refractivity contribution in [2.75, 3.05) is 19.6 Å². The summed E-state index contributed by atoms with van der Waals surface area (Å²) >= 11 is 1.55. The Morgan fingerprint density at radius 1 is 1.35 bits per heavy atom. The predicted octanol–water partition coefficient (Wildman–Crippen LogP) is 2.26. The summed E-state index contributed by atoms with van der Waals surface area (Å²) in [4.78, 5) is 17.7. The van der Waals surface area contributed by atoms with Crippen molar-refractivity contribution in [2.24, 2.45) is 5.92 Å². The molecular weight excluding hydrogens is 357 g/mol. The molecule has 1 amide bonds. The van der Waals surface area contributed by atoms with E-state index in [2.05, 4.69) is 15.6 Å². The molecule has 2 heterocycles. The van der Waals surface area contributed by atoms with E-state index in [-0.39, 0.29) is 42.7 Å². The molecule has 2 unspecified atom stereocenters. The second kappa shape index (κ2) is 9.18. The van der Waals surface area contributed by atoms with E-state index in [4.69, 9.17) is 0 Å². The topological polar surface area (TPSA) is 74.2 Å². The molecule has 0 spiro atoms. The Kier molecular flexibility index (Phi) is 8.24. The highest BCUT2D eigenvalue weighted by Gasteiger charge is 2.27. The standard InChI is InChI=1S/C15H23N3O2S.2ClH/c1-9-13(21-15(18-9)10-4-2-3-5-10)14(20)17-7-11-6-16-8-12(11)19;;/h10-12,16,19H,2-8H2,1H3,(H,17,20);2*1H. The van der Waals surface area contributed by atoms with E-state index >= 15 is 0 Å². The molecule has 1 aromatic rings. The molecule has 1 aliphatic carbocycles. The van der Waals surface area contributed by atoms with Crippen LogP contribution in [0.3, 0.4) is 0 Å². The number of thiazole rings is 1. The maximum atomic E-state index is 12.3. The van der Waals surface area contributed by atoms with Crippen molar-refractivity contribution in [1.82, 2.24) is 15.6 Å². The second-order valence-electron chi connectivity index (χ2n) is 6.14. The number of aromatic nitrogens is 1. The molecule has 3 rings (SSSR count). The van der Waals surface area contributed by atoms with Crippen LogP contribution in [-0.4, -0.2) is 41.7 Å². The molecule has 5 nitrogen and oxygen atoms in total. The molecule has 0 bridgehead atoms. The number of aliphatic hydroxyl groups excluding tert-OH is 1. The summed E-state index contributed by atoms with van der Waals surface area (Å²) in [6, 6.07) is 0. The van der Waals surface area contributed by atoms with Gasteiger partial charge >= 0.3 is 0 Å². The molecule has 1 aliphatic heterocycles. The summed E-state index contributed by atoms with van der Waals surface area (Å²) < 4.78 is 0. The van der Waals surface area contributed by atoms with E-state index in [1.165, 1.54) is 25.7 Å². The summed E-state index contributed by atoms with van der Waals surface area (Å²) in [5, 5.41) is 16.9. The molecule has 8 heteroatoms. The van der Waals surface area contributed by atoms with Gasteiger partial charge in [0, 0.05) is 31.5 Å². The Balaban J connectivity index is 0.00000132. The molecule has 132 valence electrons. The first-order chi connectivity index (χ1) is 10.1. The molecule has 23 heavy (non-hydrogen) atoms. The van der Waals surface area contributed by atoms with Crippen molar-refractivity contribution < 1.29 is 9.90 Å². The quantitative estimate of drug-likeness (QED) is 0.747. The fourth-order valence-corrected chi connectivity index (χ4v) is 4.36. The number of nitrogens with one attached hydrogen (secondary N) is 2. The molecule has 0 radical (unpaired) electrons. The average Bonchev–Trinajstić information content (AvgIpc) is 3.16. The van der Waals surface area contributed by atoms with Crippen LogP contribution in [0.1, 0.15) is 52.0 Å². The number of aliphatic hydroxyl groups is 1. The zero-order chi connectivity index (χ0) is 14.8. The van der Waals surface area contributed by atoms with E-state index in [1.807, 2.05) is 6.92 Å². The van der Waals surface area contributed by atoms with Gasteiger partial charge in [0.1, 0.15) is 4.88 Å². The van der Waals surface area contributed by atoms with Crippen molar-refractivity contribution in [2.45, 2.75) is 44.6 Å². The maximum absolute atomic E-state index is 12.3. The number of aryl methyl sites for hydroxylation is 1. The Hall–Kier alpha value is -0.400. The number of carbonyl (C=O) groups excluding carboxylic acids is 1. The number of carbonyl (C=O) groups is 1. The van der Waals surface area contributed by atoms with E-state index in [9.17, 15) is 9.90 Å². The Bertz CT molecular complexity index is 521. The van der Waals surface area contributed by atoms with Gasteiger partial charge in [0.25, 0.3) is 5.91 Å². The maximum Gasteiger partial charge on any atom is 0.263 e. The molecule has 2 fully saturated rings. The Morgan fingerprint density at radius 3 is 2.65 bits per heavy atom. The minimum absolute atomic E-state index is 0. The number of hydrogen-bond acceptors (Lipinski definition) is 5. The average molecular weight is 382 g/mol. The lowest BCUT2D eigenvalue weighted by Crippen LogP contribution is -2.34. The van der Waals surface area contributed by atoms with Gasteiger partial charge in [-0.05, 0) is 19.8 Å². The largest absolute Gasteiger partial charge is 0.391 e. The number of rotatable bonds is 4. The van der Waals surface area contributed by atoms with Gasteiger partial charge < -0.3 is 15.7 Å². The third-order valence-electron chi connectivity index (χ3n) is 4.55. The van der Waals surface area contributed by atoms with Gasteiger partial charge in [0.2, 0.25) is 0 Å². The van der Waals surface area contributed by atoms with Crippen molar-refractivity contribution in [1.29, 1.82) is 0 Å². The minimum Gasteiger partial charge on any atom is -0.391 e. The zero-order valence-electron chi connectivity index (χ0n) is 13.2. The number of amides is 1. The van der Waals surface area contributed by atoms with E-state index in [0.717, 1.165) is 22.1 Å². The third-order valence-corrected chi connectivity index (χ3v) is 5.87. The summed E-state index contributed by atoms with van der Waals surface area (Å²) in [6.07, 6.45) is 4.60. The van der Waals surface area contributed by atoms with E-state index in [1.54, 1.807) is 11.3 Å². The van der Waals surface area contributed by atoms with E-state index < -0.39 is 0 Å². The van der Waals surface area contributed by atoms with Crippen LogP contribution in [0.5, 0.6) is 0 Å². The highest BCUT2D eigenvalue weighted by atomic mass is 35.5. The second-order valence-corrected chi connectivity index (χ2v) is 7.17. The Labute approximate surface area is 153 Å². The van der Waals surface area contributed by atoms with Gasteiger partial charge in [-0.3, -0.25) is 4.79 Å². The molecule has 1 saturated heterocycles. The monoisotopic (exact) mass is 381 g/mol. The minimum atomic E-state index is -0.359. The highest BCUT2D eigenvalue weighted by molar-refractivity contribution is 7.13. The van der Waals surface area contributed by atoms with Crippen LogP contribution in [0.15, 0.2) is 0 Å². The highest BCUT2D eigenvalue weighted by Crippen LogP contribution is 2.37. The van der Waals surface area contributed by atoms with Crippen molar-refractivity contribution in [3.8, 4) is 0 Å². The number of halogens is 2. The SMILES string of the molecule is Cc1nc(C2CCCC2)sc1C(=O)NCC1CNCC1O.Cl.Cl. The van der Waals surface area contributed by atoms with Crippen LogP contribution >= 0.6 is 36.2 Å². The van der Waals surface area contributed by atoms with Gasteiger partial charge in [0.15, 0.2) is 0 Å². The lowest BCUT2D eigenvalue weighted by Gasteiger charge is -2.13. The predicted molar refractivity (Wildman–Crippen MR) is 97.3 cm³/mol. The molecule has 1 saturated carbocycles. The first kappa shape index (κ1) is 20.6. The van der Waals surface area contributed by atoms with Crippen LogP contribution in [0.25, 0.3) is 0 Å². The van der Waals surface area contributed by atoms with Gasteiger partial charge in [-0.15, -0.1) is 36.2 Å². The van der Waals surface area contributed by atoms with Crippen molar-refractivity contribution in [3.63, 3.8) is 0 Å². The Morgan fingerprint density at radius 2 is 2.04 bits per heavy atom. The van der Waals surface area contributed by atoms with Crippen LogP contribution < -0.4 is 10.6 Å². The van der Waals surface area contributed by atoms with Gasteiger partial charge in [-0.1, -0.05) is 12.8 Å². The van der Waals surface area contributed by atoms with Crippen LogP contribution in [0.4, 0.5) is 0 Å². The van der Waals surface area contributed by atoms with Crippen molar-refractivity contribution >= 4 is 42.1 Å². The lowest BCUT2D eigenvalue weighted by atomic mass is 10.1. The van der Waals surface area contributed by atoms with Crippen LogP contribution in [0.2, 0.25) is 0 Å². The molecule has 2 atom stereocenters. The van der Waals surface area contributed by atoms with Crippen LogP contribution in [0, 0.1) is 12.8 Å². The molecular formula is C15H25Cl2N3O2S. The van der Waals surface area contributed by atoms with Crippen LogP contribution in [-0.2, 0) is 0 Å². The smallest absolute Gasteiger partial charge is 0.263 e. The first-order valence-corrected chi connectivity index (χ1v) is 8.61.